The lowest BCUT2D eigenvalue weighted by atomic mass is 10.2. The Labute approximate surface area is 105 Å². The summed E-state index contributed by atoms with van der Waals surface area (Å²) in [6, 6.07) is 12.1. The van der Waals surface area contributed by atoms with Gasteiger partial charge >= 0.3 is 0 Å². The number of fused-ring (bicyclic) bond motifs is 1. The summed E-state index contributed by atoms with van der Waals surface area (Å²) in [6.45, 7) is 1.47. The third-order valence-electron chi connectivity index (χ3n) is 2.34. The van der Waals surface area contributed by atoms with E-state index >= 15 is 0 Å². The van der Waals surface area contributed by atoms with E-state index in [1.807, 2.05) is 30.5 Å². The molecule has 0 amide bonds. The first-order chi connectivity index (χ1) is 8.77. The fourth-order valence-corrected chi connectivity index (χ4v) is 1.47. The minimum absolute atomic E-state index is 0.0324. The number of aromatic amines is 1. The van der Waals surface area contributed by atoms with E-state index in [2.05, 4.69) is 27.1 Å². The second kappa shape index (κ2) is 5.72. The van der Waals surface area contributed by atoms with Gasteiger partial charge in [0.15, 0.2) is 11.6 Å². The van der Waals surface area contributed by atoms with Gasteiger partial charge in [-0.25, -0.2) is 4.98 Å². The summed E-state index contributed by atoms with van der Waals surface area (Å²) in [5.74, 6) is 0.389. The van der Waals surface area contributed by atoms with E-state index in [-0.39, 0.29) is 5.78 Å². The first-order valence-electron chi connectivity index (χ1n) is 5.57. The molecule has 0 atom stereocenters. The Morgan fingerprint density at radius 3 is 2.44 bits per heavy atom. The summed E-state index contributed by atoms with van der Waals surface area (Å²) in [7, 11) is 0. The molecule has 0 radical (unpaired) electrons. The van der Waals surface area contributed by atoms with Crippen LogP contribution in [0.2, 0.25) is 0 Å². The first-order valence-corrected chi connectivity index (χ1v) is 5.57. The SMILES string of the molecule is CC(=O)c1ncc[nH]1.c1ccc2ncccc2c1. The highest BCUT2D eigenvalue weighted by Gasteiger charge is 1.96. The van der Waals surface area contributed by atoms with Crippen LogP contribution in [-0.4, -0.2) is 20.7 Å². The van der Waals surface area contributed by atoms with Crippen molar-refractivity contribution in [1.29, 1.82) is 0 Å². The highest BCUT2D eigenvalue weighted by Crippen LogP contribution is 2.07. The molecule has 2 heterocycles. The third kappa shape index (κ3) is 3.01. The van der Waals surface area contributed by atoms with Gasteiger partial charge in [-0.05, 0) is 12.1 Å². The zero-order valence-electron chi connectivity index (χ0n) is 10.00. The normalized spacial score (nSPS) is 9.61. The van der Waals surface area contributed by atoms with E-state index in [9.17, 15) is 4.79 Å². The Morgan fingerprint density at radius 1 is 1.06 bits per heavy atom. The molecule has 4 nitrogen and oxygen atoms in total. The van der Waals surface area contributed by atoms with Crippen molar-refractivity contribution >= 4 is 16.7 Å². The van der Waals surface area contributed by atoms with Gasteiger partial charge in [0.25, 0.3) is 0 Å². The standard InChI is InChI=1S/C9H7N.C5H6N2O/c1-2-6-9-8(4-1)5-3-7-10-9;1-4(8)5-6-2-3-7-5/h1-7H;2-3H,1H3,(H,6,7). The predicted molar refractivity (Wildman–Crippen MR) is 70.3 cm³/mol. The van der Waals surface area contributed by atoms with Crippen molar-refractivity contribution in [2.45, 2.75) is 6.92 Å². The van der Waals surface area contributed by atoms with Gasteiger partial charge in [-0.15, -0.1) is 0 Å². The van der Waals surface area contributed by atoms with E-state index in [0.29, 0.717) is 5.82 Å². The molecule has 0 spiro atoms. The lowest BCUT2D eigenvalue weighted by molar-refractivity contribution is 0.100. The zero-order valence-corrected chi connectivity index (χ0v) is 10.00. The van der Waals surface area contributed by atoms with Gasteiger partial charge in [0, 0.05) is 30.9 Å². The number of pyridine rings is 1. The van der Waals surface area contributed by atoms with Gasteiger partial charge in [0.1, 0.15) is 0 Å². The van der Waals surface area contributed by atoms with Gasteiger partial charge in [0.2, 0.25) is 0 Å². The van der Waals surface area contributed by atoms with Crippen LogP contribution in [0.15, 0.2) is 55.0 Å². The largest absolute Gasteiger partial charge is 0.342 e. The Bertz CT molecular complexity index is 567. The summed E-state index contributed by atoms with van der Waals surface area (Å²) in [5.41, 5.74) is 1.06. The molecule has 0 aliphatic rings. The summed E-state index contributed by atoms with van der Waals surface area (Å²) >= 11 is 0. The molecule has 0 fully saturated rings. The van der Waals surface area contributed by atoms with Crippen molar-refractivity contribution in [2.24, 2.45) is 0 Å². The van der Waals surface area contributed by atoms with Gasteiger partial charge in [-0.1, -0.05) is 24.3 Å². The van der Waals surface area contributed by atoms with Crippen LogP contribution in [-0.2, 0) is 0 Å². The molecule has 1 aromatic carbocycles. The van der Waals surface area contributed by atoms with E-state index in [4.69, 9.17) is 0 Å². The highest BCUT2D eigenvalue weighted by molar-refractivity contribution is 5.90. The molecule has 0 saturated carbocycles. The minimum atomic E-state index is -0.0324. The molecule has 3 rings (SSSR count). The van der Waals surface area contributed by atoms with Crippen molar-refractivity contribution in [1.82, 2.24) is 15.0 Å². The van der Waals surface area contributed by atoms with Crippen LogP contribution in [0.1, 0.15) is 17.5 Å². The maximum Gasteiger partial charge on any atom is 0.194 e. The number of carbonyl (C=O) groups is 1. The molecular formula is C14H13N3O. The molecule has 0 aliphatic heterocycles. The number of Topliss-reactive ketones (excluding diaryl/α,β-unsaturated/α-hetero) is 1. The van der Waals surface area contributed by atoms with Gasteiger partial charge in [-0.3, -0.25) is 9.78 Å². The zero-order chi connectivity index (χ0) is 12.8. The molecular weight excluding hydrogens is 226 g/mol. The fourth-order valence-electron chi connectivity index (χ4n) is 1.47. The van der Waals surface area contributed by atoms with E-state index in [0.717, 1.165) is 5.52 Å². The average molecular weight is 239 g/mol. The quantitative estimate of drug-likeness (QED) is 0.664. The number of imidazole rings is 1. The summed E-state index contributed by atoms with van der Waals surface area (Å²) in [6.07, 6.45) is 4.98. The fraction of sp³-hybridized carbons (Fsp3) is 0.0714. The van der Waals surface area contributed by atoms with Crippen molar-refractivity contribution in [3.05, 3.63) is 60.8 Å². The lowest BCUT2D eigenvalue weighted by Gasteiger charge is -1.91. The maximum atomic E-state index is 10.4. The molecule has 1 N–H and O–H groups in total. The number of hydrogen-bond donors (Lipinski definition) is 1. The van der Waals surface area contributed by atoms with Crippen LogP contribution < -0.4 is 0 Å². The average Bonchev–Trinajstić information content (AvgIpc) is 2.94. The second-order valence-corrected chi connectivity index (χ2v) is 3.69. The van der Waals surface area contributed by atoms with Crippen LogP contribution in [0.25, 0.3) is 10.9 Å². The monoisotopic (exact) mass is 239 g/mol. The number of carbonyl (C=O) groups excluding carboxylic acids is 1. The maximum absolute atomic E-state index is 10.4. The number of hydrogen-bond acceptors (Lipinski definition) is 3. The van der Waals surface area contributed by atoms with Crippen LogP contribution in [0.3, 0.4) is 0 Å². The van der Waals surface area contributed by atoms with Crippen molar-refractivity contribution in [2.75, 3.05) is 0 Å². The van der Waals surface area contributed by atoms with E-state index in [1.165, 1.54) is 12.3 Å². The summed E-state index contributed by atoms with van der Waals surface area (Å²) in [4.78, 5) is 21.0. The van der Waals surface area contributed by atoms with Crippen LogP contribution in [0.4, 0.5) is 0 Å². The Hall–Kier alpha value is -2.49. The van der Waals surface area contributed by atoms with Gasteiger partial charge in [0.05, 0.1) is 5.52 Å². The van der Waals surface area contributed by atoms with Crippen molar-refractivity contribution in [3.8, 4) is 0 Å². The number of ketones is 1. The molecule has 0 unspecified atom stereocenters. The molecule has 18 heavy (non-hydrogen) atoms. The van der Waals surface area contributed by atoms with E-state index in [1.54, 1.807) is 12.4 Å². The minimum Gasteiger partial charge on any atom is -0.342 e. The number of H-pyrrole nitrogens is 1. The number of para-hydroxylation sites is 1. The first kappa shape index (κ1) is 12.0. The molecule has 2 aromatic heterocycles. The summed E-state index contributed by atoms with van der Waals surface area (Å²) < 4.78 is 0. The molecule has 0 saturated heterocycles. The molecule has 90 valence electrons. The third-order valence-corrected chi connectivity index (χ3v) is 2.34. The van der Waals surface area contributed by atoms with Crippen molar-refractivity contribution in [3.63, 3.8) is 0 Å². The lowest BCUT2D eigenvalue weighted by Crippen LogP contribution is -1.92. The summed E-state index contributed by atoms with van der Waals surface area (Å²) in [5, 5.41) is 1.20. The number of rotatable bonds is 1. The Kier molecular flexibility index (Phi) is 3.81. The van der Waals surface area contributed by atoms with Gasteiger partial charge < -0.3 is 4.98 Å². The number of nitrogens with zero attached hydrogens (tertiary/aromatic N) is 2. The second-order valence-electron chi connectivity index (χ2n) is 3.69. The van der Waals surface area contributed by atoms with Crippen LogP contribution in [0.5, 0.6) is 0 Å². The number of benzene rings is 1. The topological polar surface area (TPSA) is 58.6 Å². The predicted octanol–water partition coefficient (Wildman–Crippen LogP) is 2.85. The highest BCUT2D eigenvalue weighted by atomic mass is 16.1. The van der Waals surface area contributed by atoms with Crippen LogP contribution >= 0.6 is 0 Å². The Morgan fingerprint density at radius 2 is 1.83 bits per heavy atom. The van der Waals surface area contributed by atoms with E-state index < -0.39 is 0 Å². The molecule has 0 aliphatic carbocycles. The smallest absolute Gasteiger partial charge is 0.194 e. The van der Waals surface area contributed by atoms with Crippen LogP contribution in [0, 0.1) is 0 Å². The molecule has 4 heteroatoms. The Balaban J connectivity index is 0.000000138. The molecule has 0 bridgehead atoms. The van der Waals surface area contributed by atoms with Crippen molar-refractivity contribution < 1.29 is 4.79 Å². The van der Waals surface area contributed by atoms with Gasteiger partial charge in [-0.2, -0.15) is 0 Å². The number of nitrogens with one attached hydrogen (secondary N) is 1. The number of aromatic nitrogens is 3. The molecule has 3 aromatic rings.